The first-order chi connectivity index (χ1) is 9.13. The molecule has 19 heavy (non-hydrogen) atoms. The summed E-state index contributed by atoms with van der Waals surface area (Å²) in [6.45, 7) is 1.83. The lowest BCUT2D eigenvalue weighted by Gasteiger charge is -2.10. The molecule has 1 N–H and O–H groups in total. The maximum absolute atomic E-state index is 9.04. The van der Waals surface area contributed by atoms with Gasteiger partial charge in [0.05, 0.1) is 27.9 Å². The number of anilines is 2. The van der Waals surface area contributed by atoms with E-state index >= 15 is 0 Å². The van der Waals surface area contributed by atoms with Crippen molar-refractivity contribution in [2.24, 2.45) is 0 Å². The molecule has 1 heterocycles. The van der Waals surface area contributed by atoms with Gasteiger partial charge in [0, 0.05) is 5.69 Å². The van der Waals surface area contributed by atoms with Crippen molar-refractivity contribution in [3.8, 4) is 12.1 Å². The van der Waals surface area contributed by atoms with Gasteiger partial charge in [-0.2, -0.15) is 10.5 Å². The minimum atomic E-state index is 0.420. The first kappa shape index (κ1) is 12.9. The highest BCUT2D eigenvalue weighted by Crippen LogP contribution is 2.27. The average Bonchev–Trinajstić information content (AvgIpc) is 2.41. The Hall–Kier alpha value is -2.56. The third-order valence-electron chi connectivity index (χ3n) is 2.50. The van der Waals surface area contributed by atoms with E-state index in [2.05, 4.69) is 16.4 Å². The zero-order valence-electron chi connectivity index (χ0n) is 10.1. The molecule has 0 aliphatic rings. The van der Waals surface area contributed by atoms with Gasteiger partial charge in [0.15, 0.2) is 0 Å². The summed E-state index contributed by atoms with van der Waals surface area (Å²) >= 11 is 6.06. The van der Waals surface area contributed by atoms with Crippen molar-refractivity contribution in [1.29, 1.82) is 10.5 Å². The minimum Gasteiger partial charge on any atom is -0.338 e. The van der Waals surface area contributed by atoms with Gasteiger partial charge in [0.25, 0.3) is 0 Å². The highest BCUT2D eigenvalue weighted by atomic mass is 35.5. The number of pyridine rings is 1. The van der Waals surface area contributed by atoms with Gasteiger partial charge in [0.2, 0.25) is 0 Å². The number of nitrogens with one attached hydrogen (secondary N) is 1. The molecule has 0 aliphatic carbocycles. The van der Waals surface area contributed by atoms with Crippen LogP contribution in [0.2, 0.25) is 5.02 Å². The second-order valence-corrected chi connectivity index (χ2v) is 4.30. The molecular formula is C14H9ClN4. The molecule has 0 amide bonds. The Balaban J connectivity index is 2.45. The van der Waals surface area contributed by atoms with Gasteiger partial charge in [-0.15, -0.1) is 0 Å². The van der Waals surface area contributed by atoms with Gasteiger partial charge in [-0.05, 0) is 37.3 Å². The van der Waals surface area contributed by atoms with E-state index < -0.39 is 0 Å². The standard InChI is InChI=1S/C14H9ClN4/c1-9-2-4-11(8-17)14(18-9)19-13-6-10(7-16)3-5-12(13)15/h2-6H,1H3,(H,18,19). The molecule has 0 atom stereocenters. The lowest BCUT2D eigenvalue weighted by molar-refractivity contribution is 1.19. The van der Waals surface area contributed by atoms with Gasteiger partial charge in [-0.3, -0.25) is 0 Å². The van der Waals surface area contributed by atoms with Crippen LogP contribution >= 0.6 is 11.6 Å². The fraction of sp³-hybridized carbons (Fsp3) is 0.0714. The topological polar surface area (TPSA) is 72.5 Å². The van der Waals surface area contributed by atoms with Crippen LogP contribution in [0.15, 0.2) is 30.3 Å². The van der Waals surface area contributed by atoms with Crippen molar-refractivity contribution in [2.75, 3.05) is 5.32 Å². The molecule has 0 aliphatic heterocycles. The summed E-state index contributed by atoms with van der Waals surface area (Å²) in [6.07, 6.45) is 0. The molecule has 1 aromatic carbocycles. The minimum absolute atomic E-state index is 0.420. The van der Waals surface area contributed by atoms with E-state index in [0.29, 0.717) is 27.7 Å². The summed E-state index contributed by atoms with van der Waals surface area (Å²) in [5, 5.41) is 21.4. The Morgan fingerprint density at radius 1 is 1.16 bits per heavy atom. The van der Waals surface area contributed by atoms with Crippen molar-refractivity contribution >= 4 is 23.1 Å². The van der Waals surface area contributed by atoms with Gasteiger partial charge in [-0.1, -0.05) is 11.6 Å². The predicted molar refractivity (Wildman–Crippen MR) is 73.1 cm³/mol. The number of rotatable bonds is 2. The second-order valence-electron chi connectivity index (χ2n) is 3.89. The molecule has 0 fully saturated rings. The molecule has 2 aromatic rings. The van der Waals surface area contributed by atoms with Crippen LogP contribution in [0.5, 0.6) is 0 Å². The van der Waals surface area contributed by atoms with Crippen LogP contribution in [-0.2, 0) is 0 Å². The van der Waals surface area contributed by atoms with E-state index in [1.54, 1.807) is 30.3 Å². The van der Waals surface area contributed by atoms with Gasteiger partial charge in [0.1, 0.15) is 11.9 Å². The highest BCUT2D eigenvalue weighted by Gasteiger charge is 2.08. The van der Waals surface area contributed by atoms with Crippen molar-refractivity contribution in [1.82, 2.24) is 4.98 Å². The number of aryl methyl sites for hydroxylation is 1. The number of halogens is 1. The van der Waals surface area contributed by atoms with Crippen LogP contribution in [0.1, 0.15) is 16.8 Å². The van der Waals surface area contributed by atoms with Crippen molar-refractivity contribution < 1.29 is 0 Å². The number of nitriles is 2. The third kappa shape index (κ3) is 2.82. The van der Waals surface area contributed by atoms with Gasteiger partial charge >= 0.3 is 0 Å². The molecule has 0 saturated heterocycles. The summed E-state index contributed by atoms with van der Waals surface area (Å²) in [7, 11) is 0. The first-order valence-electron chi connectivity index (χ1n) is 5.48. The van der Waals surface area contributed by atoms with E-state index in [1.807, 2.05) is 13.0 Å². The number of hydrogen-bond donors (Lipinski definition) is 1. The summed E-state index contributed by atoms with van der Waals surface area (Å²) in [6, 6.07) is 12.4. The van der Waals surface area contributed by atoms with Gasteiger partial charge < -0.3 is 5.32 Å². The molecular weight excluding hydrogens is 260 g/mol. The third-order valence-corrected chi connectivity index (χ3v) is 2.83. The zero-order chi connectivity index (χ0) is 13.8. The molecule has 5 heteroatoms. The SMILES string of the molecule is Cc1ccc(C#N)c(Nc2cc(C#N)ccc2Cl)n1. The van der Waals surface area contributed by atoms with Crippen molar-refractivity contribution in [2.45, 2.75) is 6.92 Å². The predicted octanol–water partition coefficient (Wildman–Crippen LogP) is 3.53. The number of benzene rings is 1. The van der Waals surface area contributed by atoms with Crippen molar-refractivity contribution in [3.63, 3.8) is 0 Å². The van der Waals surface area contributed by atoms with E-state index in [-0.39, 0.29) is 0 Å². The molecule has 0 unspecified atom stereocenters. The van der Waals surface area contributed by atoms with E-state index in [9.17, 15) is 0 Å². The Bertz CT molecular complexity index is 710. The van der Waals surface area contributed by atoms with Crippen molar-refractivity contribution in [3.05, 3.63) is 52.2 Å². The number of nitrogens with zero attached hydrogens (tertiary/aromatic N) is 3. The fourth-order valence-electron chi connectivity index (χ4n) is 1.56. The van der Waals surface area contributed by atoms with Crippen LogP contribution in [0.4, 0.5) is 11.5 Å². The molecule has 1 aromatic heterocycles. The van der Waals surface area contributed by atoms with Crippen LogP contribution in [0.3, 0.4) is 0 Å². The molecule has 0 radical (unpaired) electrons. The highest BCUT2D eigenvalue weighted by molar-refractivity contribution is 6.33. The maximum atomic E-state index is 9.04. The maximum Gasteiger partial charge on any atom is 0.148 e. The molecule has 2 rings (SSSR count). The Kier molecular flexibility index (Phi) is 3.66. The summed E-state index contributed by atoms with van der Waals surface area (Å²) in [4.78, 5) is 4.26. The quantitative estimate of drug-likeness (QED) is 0.904. The fourth-order valence-corrected chi connectivity index (χ4v) is 1.73. The van der Waals surface area contributed by atoms with E-state index in [4.69, 9.17) is 22.1 Å². The Morgan fingerprint density at radius 3 is 2.63 bits per heavy atom. The number of aromatic nitrogens is 1. The average molecular weight is 269 g/mol. The van der Waals surface area contributed by atoms with Crippen LogP contribution < -0.4 is 5.32 Å². The van der Waals surface area contributed by atoms with Gasteiger partial charge in [-0.25, -0.2) is 4.98 Å². The van der Waals surface area contributed by atoms with E-state index in [0.717, 1.165) is 5.69 Å². The molecule has 92 valence electrons. The lowest BCUT2D eigenvalue weighted by Crippen LogP contribution is -1.99. The summed E-state index contributed by atoms with van der Waals surface area (Å²) < 4.78 is 0. The molecule has 0 saturated carbocycles. The monoisotopic (exact) mass is 268 g/mol. The van der Waals surface area contributed by atoms with E-state index in [1.165, 1.54) is 0 Å². The van der Waals surface area contributed by atoms with Crippen LogP contribution in [0, 0.1) is 29.6 Å². The van der Waals surface area contributed by atoms with Crippen LogP contribution in [0.25, 0.3) is 0 Å². The largest absolute Gasteiger partial charge is 0.338 e. The smallest absolute Gasteiger partial charge is 0.148 e. The second kappa shape index (κ2) is 5.39. The Labute approximate surface area is 115 Å². The van der Waals surface area contributed by atoms with Crippen LogP contribution in [-0.4, -0.2) is 4.98 Å². The number of hydrogen-bond acceptors (Lipinski definition) is 4. The first-order valence-corrected chi connectivity index (χ1v) is 5.86. The zero-order valence-corrected chi connectivity index (χ0v) is 10.9. The summed E-state index contributed by atoms with van der Waals surface area (Å²) in [5.74, 6) is 0.430. The lowest BCUT2D eigenvalue weighted by atomic mass is 10.2. The summed E-state index contributed by atoms with van der Waals surface area (Å²) in [5.41, 5.74) is 2.24. The Morgan fingerprint density at radius 2 is 1.95 bits per heavy atom. The molecule has 0 bridgehead atoms. The molecule has 4 nitrogen and oxygen atoms in total. The molecule has 0 spiro atoms. The normalized spacial score (nSPS) is 9.47.